The predicted octanol–water partition coefficient (Wildman–Crippen LogP) is 3.02. The molecular weight excluding hydrogens is 332 g/mol. The van der Waals surface area contributed by atoms with E-state index in [1.165, 1.54) is 6.20 Å². The van der Waals surface area contributed by atoms with Crippen LogP contribution in [-0.2, 0) is 4.79 Å². The minimum absolute atomic E-state index is 0.0371. The summed E-state index contributed by atoms with van der Waals surface area (Å²) in [5, 5.41) is 6.49. The third-order valence-corrected chi connectivity index (χ3v) is 4.31. The zero-order valence-corrected chi connectivity index (χ0v) is 14.2. The quantitative estimate of drug-likeness (QED) is 0.657. The highest BCUT2D eigenvalue weighted by Crippen LogP contribution is 2.33. The number of carbonyl (C=O) groups is 1. The van der Waals surface area contributed by atoms with Gasteiger partial charge in [-0.1, -0.05) is 12.1 Å². The standard InChI is InChI=1S/C19H18N4O3/c1-26-15-5-3-2-4-12(15)21-14-10-16(23-18(24)11-6-7-11)22-13-8-9-20-19(25)17(13)14/h2-5,8-11H,6-7H2,1H3,(H,20,25)(H2,21,22,23,24). The maximum absolute atomic E-state index is 12.3. The van der Waals surface area contributed by atoms with Crippen molar-refractivity contribution in [2.24, 2.45) is 5.92 Å². The van der Waals surface area contributed by atoms with Gasteiger partial charge in [0.25, 0.3) is 5.56 Å². The summed E-state index contributed by atoms with van der Waals surface area (Å²) in [5.74, 6) is 1.09. The Morgan fingerprint density at radius 2 is 2.04 bits per heavy atom. The van der Waals surface area contributed by atoms with E-state index < -0.39 is 0 Å². The Balaban J connectivity index is 1.80. The lowest BCUT2D eigenvalue weighted by atomic mass is 10.2. The van der Waals surface area contributed by atoms with E-state index in [0.29, 0.717) is 33.8 Å². The molecule has 4 rings (SSSR count). The molecule has 1 fully saturated rings. The van der Waals surface area contributed by atoms with Crippen LogP contribution in [0.4, 0.5) is 17.2 Å². The molecule has 0 bridgehead atoms. The number of hydrogen-bond acceptors (Lipinski definition) is 5. The van der Waals surface area contributed by atoms with Gasteiger partial charge in [0, 0.05) is 18.2 Å². The fourth-order valence-electron chi connectivity index (χ4n) is 2.82. The van der Waals surface area contributed by atoms with Crippen molar-refractivity contribution in [3.05, 3.63) is 52.9 Å². The molecule has 0 saturated heterocycles. The first-order valence-electron chi connectivity index (χ1n) is 8.39. The molecule has 132 valence electrons. The molecule has 0 radical (unpaired) electrons. The Bertz CT molecular complexity index is 1040. The molecular formula is C19H18N4O3. The first-order valence-corrected chi connectivity index (χ1v) is 8.39. The summed E-state index contributed by atoms with van der Waals surface area (Å²) in [4.78, 5) is 31.5. The monoisotopic (exact) mass is 350 g/mol. The molecule has 0 unspecified atom stereocenters. The van der Waals surface area contributed by atoms with Gasteiger partial charge in [-0.25, -0.2) is 4.98 Å². The average Bonchev–Trinajstić information content (AvgIpc) is 3.47. The number of anilines is 3. The van der Waals surface area contributed by atoms with E-state index in [1.807, 2.05) is 24.3 Å². The lowest BCUT2D eigenvalue weighted by Crippen LogP contribution is -2.16. The van der Waals surface area contributed by atoms with Crippen molar-refractivity contribution in [3.63, 3.8) is 0 Å². The SMILES string of the molecule is COc1ccccc1Nc1cc(NC(=O)C2CC2)nc2cc[nH]c(=O)c12. The number of nitrogens with one attached hydrogen (secondary N) is 3. The molecule has 1 aliphatic carbocycles. The summed E-state index contributed by atoms with van der Waals surface area (Å²) in [6.07, 6.45) is 3.36. The zero-order valence-electron chi connectivity index (χ0n) is 14.2. The molecule has 1 amide bonds. The number of H-pyrrole nitrogens is 1. The maximum Gasteiger partial charge on any atom is 0.259 e. The van der Waals surface area contributed by atoms with Crippen molar-refractivity contribution in [1.82, 2.24) is 9.97 Å². The Labute approximate surface area is 149 Å². The number of aromatic amines is 1. The number of carbonyl (C=O) groups excluding carboxylic acids is 1. The molecule has 0 atom stereocenters. The van der Waals surface area contributed by atoms with Crippen LogP contribution in [-0.4, -0.2) is 23.0 Å². The fourth-order valence-corrected chi connectivity index (χ4v) is 2.82. The molecule has 26 heavy (non-hydrogen) atoms. The highest BCUT2D eigenvalue weighted by Gasteiger charge is 2.30. The number of rotatable bonds is 5. The lowest BCUT2D eigenvalue weighted by Gasteiger charge is -2.14. The first kappa shape index (κ1) is 16.1. The molecule has 0 spiro atoms. The number of para-hydroxylation sites is 2. The van der Waals surface area contributed by atoms with Crippen LogP contribution in [0.5, 0.6) is 5.75 Å². The molecule has 3 aromatic rings. The molecule has 7 heteroatoms. The van der Waals surface area contributed by atoms with Crippen molar-refractivity contribution < 1.29 is 9.53 Å². The van der Waals surface area contributed by atoms with E-state index in [2.05, 4.69) is 20.6 Å². The van der Waals surface area contributed by atoms with E-state index in [9.17, 15) is 9.59 Å². The second-order valence-electron chi connectivity index (χ2n) is 6.21. The van der Waals surface area contributed by atoms with Crippen molar-refractivity contribution in [1.29, 1.82) is 0 Å². The Kier molecular flexibility index (Phi) is 4.04. The van der Waals surface area contributed by atoms with Crippen LogP contribution in [0.3, 0.4) is 0 Å². The number of methoxy groups -OCH3 is 1. The number of benzene rings is 1. The van der Waals surface area contributed by atoms with Crippen LogP contribution in [0, 0.1) is 5.92 Å². The molecule has 3 N–H and O–H groups in total. The summed E-state index contributed by atoms with van der Waals surface area (Å²) in [6.45, 7) is 0. The van der Waals surface area contributed by atoms with Crippen molar-refractivity contribution in [3.8, 4) is 5.75 Å². The zero-order chi connectivity index (χ0) is 18.1. The van der Waals surface area contributed by atoms with Gasteiger partial charge in [-0.2, -0.15) is 0 Å². The van der Waals surface area contributed by atoms with E-state index in [4.69, 9.17) is 4.74 Å². The molecule has 1 aromatic carbocycles. The number of fused-ring (bicyclic) bond motifs is 1. The van der Waals surface area contributed by atoms with Crippen LogP contribution in [0.25, 0.3) is 10.9 Å². The van der Waals surface area contributed by atoms with Gasteiger partial charge in [0.15, 0.2) is 0 Å². The smallest absolute Gasteiger partial charge is 0.259 e. The van der Waals surface area contributed by atoms with Crippen molar-refractivity contribution in [2.75, 3.05) is 17.7 Å². The Morgan fingerprint density at radius 3 is 2.81 bits per heavy atom. The Morgan fingerprint density at radius 1 is 1.23 bits per heavy atom. The fraction of sp³-hybridized carbons (Fsp3) is 0.211. The summed E-state index contributed by atoms with van der Waals surface area (Å²) in [6, 6.07) is 10.8. The number of hydrogen-bond donors (Lipinski definition) is 3. The minimum Gasteiger partial charge on any atom is -0.495 e. The summed E-state index contributed by atoms with van der Waals surface area (Å²) < 4.78 is 5.36. The van der Waals surface area contributed by atoms with Crippen LogP contribution in [0.1, 0.15) is 12.8 Å². The number of nitrogens with zero attached hydrogens (tertiary/aromatic N) is 1. The van der Waals surface area contributed by atoms with Crippen LogP contribution in [0.2, 0.25) is 0 Å². The van der Waals surface area contributed by atoms with Gasteiger partial charge in [-0.15, -0.1) is 0 Å². The van der Waals surface area contributed by atoms with Gasteiger partial charge in [0.05, 0.1) is 29.4 Å². The summed E-state index contributed by atoms with van der Waals surface area (Å²) >= 11 is 0. The lowest BCUT2D eigenvalue weighted by molar-refractivity contribution is -0.117. The van der Waals surface area contributed by atoms with Gasteiger partial charge in [-0.05, 0) is 31.0 Å². The first-order chi connectivity index (χ1) is 12.7. The highest BCUT2D eigenvalue weighted by atomic mass is 16.5. The molecule has 2 aromatic heterocycles. The molecule has 0 aliphatic heterocycles. The molecule has 7 nitrogen and oxygen atoms in total. The van der Waals surface area contributed by atoms with Crippen molar-refractivity contribution in [2.45, 2.75) is 12.8 Å². The van der Waals surface area contributed by atoms with Crippen molar-refractivity contribution >= 4 is 34.0 Å². The molecule has 1 aliphatic rings. The third kappa shape index (κ3) is 3.11. The van der Waals surface area contributed by atoms with E-state index in [-0.39, 0.29) is 17.4 Å². The molecule has 1 saturated carbocycles. The van der Waals surface area contributed by atoms with Gasteiger partial charge in [0.1, 0.15) is 11.6 Å². The average molecular weight is 350 g/mol. The van der Waals surface area contributed by atoms with E-state index in [1.54, 1.807) is 19.2 Å². The van der Waals surface area contributed by atoms with Crippen LogP contribution < -0.4 is 20.9 Å². The minimum atomic E-state index is -0.257. The van der Waals surface area contributed by atoms with E-state index in [0.717, 1.165) is 12.8 Å². The number of amides is 1. The number of aromatic nitrogens is 2. The maximum atomic E-state index is 12.3. The predicted molar refractivity (Wildman–Crippen MR) is 100.0 cm³/mol. The van der Waals surface area contributed by atoms with Gasteiger partial charge >= 0.3 is 0 Å². The number of ether oxygens (including phenoxy) is 1. The molecule has 2 heterocycles. The van der Waals surface area contributed by atoms with Crippen LogP contribution >= 0.6 is 0 Å². The van der Waals surface area contributed by atoms with Gasteiger partial charge in [0.2, 0.25) is 5.91 Å². The topological polar surface area (TPSA) is 96.1 Å². The van der Waals surface area contributed by atoms with Gasteiger partial charge < -0.3 is 20.4 Å². The third-order valence-electron chi connectivity index (χ3n) is 4.31. The highest BCUT2D eigenvalue weighted by molar-refractivity contribution is 5.98. The second kappa shape index (κ2) is 6.51. The largest absolute Gasteiger partial charge is 0.495 e. The Hall–Kier alpha value is -3.35. The second-order valence-corrected chi connectivity index (χ2v) is 6.21. The van der Waals surface area contributed by atoms with Gasteiger partial charge in [-0.3, -0.25) is 9.59 Å². The van der Waals surface area contributed by atoms with E-state index >= 15 is 0 Å². The van der Waals surface area contributed by atoms with Crippen LogP contribution in [0.15, 0.2) is 47.4 Å². The number of pyridine rings is 2. The normalized spacial score (nSPS) is 13.4. The summed E-state index contributed by atoms with van der Waals surface area (Å²) in [7, 11) is 1.58. The summed E-state index contributed by atoms with van der Waals surface area (Å²) in [5.41, 5.74) is 1.50.